The van der Waals surface area contributed by atoms with Crippen molar-refractivity contribution in [1.29, 1.82) is 0 Å². The van der Waals surface area contributed by atoms with Gasteiger partial charge in [0.25, 0.3) is 0 Å². The number of nitrogens with zero attached hydrogens (tertiary/aromatic N) is 5. The average molecular weight is 864 g/mol. The van der Waals surface area contributed by atoms with Crippen LogP contribution in [-0.4, -0.2) is 24.1 Å². The predicted octanol–water partition coefficient (Wildman–Crippen LogP) is 16.3. The van der Waals surface area contributed by atoms with Gasteiger partial charge in [-0.2, -0.15) is 9.97 Å². The second-order valence-corrected chi connectivity index (χ2v) is 17.9. The highest BCUT2D eigenvalue weighted by Crippen LogP contribution is 2.44. The summed E-state index contributed by atoms with van der Waals surface area (Å²) in [6.07, 6.45) is 0. The quantitative estimate of drug-likeness (QED) is 0.166. The van der Waals surface area contributed by atoms with Crippen LogP contribution in [0.2, 0.25) is 0 Å². The summed E-state index contributed by atoms with van der Waals surface area (Å²) >= 11 is 0. The lowest BCUT2D eigenvalue weighted by molar-refractivity contribution is 0.955. The van der Waals surface area contributed by atoms with Gasteiger partial charge < -0.3 is 4.57 Å². The van der Waals surface area contributed by atoms with Crippen molar-refractivity contribution in [2.24, 2.45) is 0 Å². The molecule has 0 N–H and O–H groups in total. The molecule has 68 heavy (non-hydrogen) atoms. The molecule has 3 aromatic heterocycles. The first-order valence-corrected chi connectivity index (χ1v) is 23.2. The average Bonchev–Trinajstić information content (AvgIpc) is 3.94. The zero-order chi connectivity index (χ0) is 44.5. The lowest BCUT2D eigenvalue weighted by Gasteiger charge is -2.14. The summed E-state index contributed by atoms with van der Waals surface area (Å²) in [6, 6.07) is 81.0. The minimum atomic E-state index is 0.567. The van der Waals surface area contributed by atoms with E-state index in [0.29, 0.717) is 17.6 Å². The van der Waals surface area contributed by atoms with Crippen LogP contribution in [0.3, 0.4) is 0 Å². The maximum atomic E-state index is 5.49. The van der Waals surface area contributed by atoms with Gasteiger partial charge in [0, 0.05) is 38.4 Å². The van der Waals surface area contributed by atoms with Crippen molar-refractivity contribution in [2.75, 3.05) is 0 Å². The van der Waals surface area contributed by atoms with Gasteiger partial charge in [0.1, 0.15) is 0 Å². The van der Waals surface area contributed by atoms with Gasteiger partial charge in [0.2, 0.25) is 5.95 Å². The van der Waals surface area contributed by atoms with E-state index in [1.807, 2.05) is 18.2 Å². The van der Waals surface area contributed by atoms with Gasteiger partial charge in [-0.15, -0.1) is 0 Å². The van der Waals surface area contributed by atoms with Gasteiger partial charge in [0.05, 0.1) is 22.1 Å². The molecule has 0 aliphatic heterocycles. The molecule has 0 atom stereocenters. The Bertz CT molecular complexity index is 4550. The standard InChI is InChI=1S/C63H37N5/c1-2-16-38(17-3-1)61-64-62(39-30-32-49-45-22-6-4-18-41(45)43-20-8-10-24-47(43)54(49)36-39)66-63(65-61)68-56-28-14-12-26-51(56)52-34-35-58-59(60(52)68)53-27-13-15-29-57(53)67(58)40-31-33-50-46-23-7-5-19-42(46)44-21-9-11-25-48(44)55(50)37-40/h1-37H. The van der Waals surface area contributed by atoms with Crippen LogP contribution in [0.5, 0.6) is 0 Å². The monoisotopic (exact) mass is 863 g/mol. The third-order valence-electron chi connectivity index (χ3n) is 14.3. The van der Waals surface area contributed by atoms with Crippen molar-refractivity contribution < 1.29 is 0 Å². The molecule has 0 spiro atoms. The number of hydrogen-bond donors (Lipinski definition) is 0. The highest BCUT2D eigenvalue weighted by molar-refractivity contribution is 6.28. The Kier molecular flexibility index (Phi) is 7.72. The van der Waals surface area contributed by atoms with E-state index in [2.05, 4.69) is 215 Å². The summed E-state index contributed by atoms with van der Waals surface area (Å²) < 4.78 is 4.72. The summed E-state index contributed by atoms with van der Waals surface area (Å²) in [7, 11) is 0. The summed E-state index contributed by atoms with van der Waals surface area (Å²) in [5, 5.41) is 19.4. The van der Waals surface area contributed by atoms with E-state index in [9.17, 15) is 0 Å². The van der Waals surface area contributed by atoms with E-state index in [1.165, 1.54) is 64.6 Å². The van der Waals surface area contributed by atoms with Gasteiger partial charge in [0.15, 0.2) is 11.6 Å². The van der Waals surface area contributed by atoms with E-state index >= 15 is 0 Å². The largest absolute Gasteiger partial charge is 0.309 e. The van der Waals surface area contributed by atoms with E-state index in [4.69, 9.17) is 15.0 Å². The molecule has 0 aliphatic rings. The molecule has 314 valence electrons. The minimum Gasteiger partial charge on any atom is -0.309 e. The fourth-order valence-corrected chi connectivity index (χ4v) is 11.4. The molecule has 12 aromatic carbocycles. The van der Waals surface area contributed by atoms with Crippen LogP contribution in [0.1, 0.15) is 0 Å². The Hall–Kier alpha value is -9.19. The molecule has 3 heterocycles. The zero-order valence-corrected chi connectivity index (χ0v) is 36.6. The molecular formula is C63H37N5. The molecular weight excluding hydrogens is 827 g/mol. The van der Waals surface area contributed by atoms with Gasteiger partial charge in [-0.05, 0) is 101 Å². The molecule has 5 nitrogen and oxygen atoms in total. The van der Waals surface area contributed by atoms with Crippen LogP contribution in [0.15, 0.2) is 224 Å². The number of para-hydroxylation sites is 2. The lowest BCUT2D eigenvalue weighted by atomic mass is 9.93. The van der Waals surface area contributed by atoms with Crippen molar-refractivity contribution in [3.8, 4) is 34.4 Å². The van der Waals surface area contributed by atoms with Gasteiger partial charge in [-0.1, -0.05) is 188 Å². The number of hydrogen-bond acceptors (Lipinski definition) is 3. The third-order valence-corrected chi connectivity index (χ3v) is 14.3. The van der Waals surface area contributed by atoms with Crippen molar-refractivity contribution in [2.45, 2.75) is 0 Å². The van der Waals surface area contributed by atoms with Gasteiger partial charge >= 0.3 is 0 Å². The van der Waals surface area contributed by atoms with E-state index in [1.54, 1.807) is 0 Å². The Morgan fingerprint density at radius 2 is 0.676 bits per heavy atom. The van der Waals surface area contributed by atoms with Gasteiger partial charge in [-0.25, -0.2) is 4.98 Å². The molecule has 0 fully saturated rings. The molecule has 0 aliphatic carbocycles. The summed E-state index contributed by atoms with van der Waals surface area (Å²) in [5.74, 6) is 1.80. The SMILES string of the molecule is c1ccc(-c2nc(-c3ccc4c5ccccc5c5ccccc5c4c3)nc(-n3c4ccccc4c4ccc5c(c6ccccc6n5-c5ccc6c7ccccc7c7ccccc7c6c5)c43)n2)cc1. The topological polar surface area (TPSA) is 48.5 Å². The maximum absolute atomic E-state index is 5.49. The highest BCUT2D eigenvalue weighted by atomic mass is 15.2. The van der Waals surface area contributed by atoms with E-state index < -0.39 is 0 Å². The molecule has 0 radical (unpaired) electrons. The third kappa shape index (κ3) is 5.24. The smallest absolute Gasteiger partial charge is 0.238 e. The van der Waals surface area contributed by atoms with E-state index in [0.717, 1.165) is 60.4 Å². The van der Waals surface area contributed by atoms with Crippen LogP contribution in [-0.2, 0) is 0 Å². The minimum absolute atomic E-state index is 0.567. The van der Waals surface area contributed by atoms with Crippen molar-refractivity contribution in [1.82, 2.24) is 24.1 Å². The fraction of sp³-hybridized carbons (Fsp3) is 0. The zero-order valence-electron chi connectivity index (χ0n) is 36.6. The normalized spacial score (nSPS) is 12.1. The first-order chi connectivity index (χ1) is 33.7. The molecule has 5 heteroatoms. The van der Waals surface area contributed by atoms with Crippen molar-refractivity contribution in [3.63, 3.8) is 0 Å². The molecule has 15 rings (SSSR count). The van der Waals surface area contributed by atoms with Gasteiger partial charge in [-0.3, -0.25) is 4.57 Å². The molecule has 0 amide bonds. The first-order valence-electron chi connectivity index (χ1n) is 23.2. The summed E-state index contributed by atoms with van der Waals surface area (Å²) in [4.78, 5) is 16.2. The Morgan fingerprint density at radius 3 is 1.26 bits per heavy atom. The van der Waals surface area contributed by atoms with Crippen LogP contribution >= 0.6 is 0 Å². The second kappa shape index (κ2) is 14.2. The molecule has 0 bridgehead atoms. The predicted molar refractivity (Wildman–Crippen MR) is 284 cm³/mol. The molecule has 0 saturated carbocycles. The van der Waals surface area contributed by atoms with Crippen LogP contribution in [0.25, 0.3) is 143 Å². The lowest BCUT2D eigenvalue weighted by Crippen LogP contribution is -2.06. The number of benzene rings is 12. The maximum Gasteiger partial charge on any atom is 0.238 e. The number of fused-ring (bicyclic) bond motifs is 19. The van der Waals surface area contributed by atoms with Crippen LogP contribution in [0.4, 0.5) is 0 Å². The first kappa shape index (κ1) is 37.1. The summed E-state index contributed by atoms with van der Waals surface area (Å²) in [5.41, 5.74) is 7.29. The molecule has 0 unspecified atom stereocenters. The molecule has 0 saturated heterocycles. The Balaban J connectivity index is 1.03. The van der Waals surface area contributed by atoms with Crippen molar-refractivity contribution in [3.05, 3.63) is 224 Å². The van der Waals surface area contributed by atoms with Crippen LogP contribution < -0.4 is 0 Å². The van der Waals surface area contributed by atoms with Crippen LogP contribution in [0, 0.1) is 0 Å². The van der Waals surface area contributed by atoms with E-state index in [-0.39, 0.29) is 0 Å². The Morgan fingerprint density at radius 1 is 0.250 bits per heavy atom. The highest BCUT2D eigenvalue weighted by Gasteiger charge is 2.24. The second-order valence-electron chi connectivity index (χ2n) is 17.9. The summed E-state index contributed by atoms with van der Waals surface area (Å²) in [6.45, 7) is 0. The number of aromatic nitrogens is 5. The number of rotatable bonds is 4. The fourth-order valence-electron chi connectivity index (χ4n) is 11.4. The van der Waals surface area contributed by atoms with Crippen molar-refractivity contribution >= 4 is 108 Å². The molecule has 15 aromatic rings. The Labute approximate surface area is 389 Å².